The summed E-state index contributed by atoms with van der Waals surface area (Å²) in [7, 11) is 3.49. The Morgan fingerprint density at radius 2 is 1.79 bits per heavy atom. The van der Waals surface area contributed by atoms with E-state index in [1.807, 2.05) is 42.2 Å². The van der Waals surface area contributed by atoms with E-state index < -0.39 is 0 Å². The van der Waals surface area contributed by atoms with Gasteiger partial charge in [0.15, 0.2) is 0 Å². The smallest absolute Gasteiger partial charge is 0.319 e. The van der Waals surface area contributed by atoms with Gasteiger partial charge in [-0.3, -0.25) is 9.59 Å². The fourth-order valence-electron chi connectivity index (χ4n) is 4.01. The first-order valence-corrected chi connectivity index (χ1v) is 9.98. The van der Waals surface area contributed by atoms with Crippen LogP contribution in [-0.4, -0.2) is 72.3 Å². The van der Waals surface area contributed by atoms with Gasteiger partial charge in [0.2, 0.25) is 11.8 Å². The van der Waals surface area contributed by atoms with Crippen molar-refractivity contribution >= 4 is 17.8 Å². The van der Waals surface area contributed by atoms with Gasteiger partial charge in [-0.1, -0.05) is 30.3 Å². The number of carbonyl (C=O) groups excluding carboxylic acids is 3. The van der Waals surface area contributed by atoms with Gasteiger partial charge in [0, 0.05) is 46.2 Å². The van der Waals surface area contributed by atoms with Crippen molar-refractivity contribution in [2.45, 2.75) is 38.3 Å². The summed E-state index contributed by atoms with van der Waals surface area (Å²) in [6, 6.07) is 9.93. The molecule has 2 unspecified atom stereocenters. The molecule has 7 heteroatoms. The molecular weight excluding hydrogens is 356 g/mol. The maximum atomic E-state index is 12.7. The zero-order chi connectivity index (χ0) is 20.3. The fourth-order valence-corrected chi connectivity index (χ4v) is 4.01. The Bertz CT molecular complexity index is 714. The summed E-state index contributed by atoms with van der Waals surface area (Å²) in [5.74, 6) is -0.323. The zero-order valence-electron chi connectivity index (χ0n) is 16.9. The predicted octanol–water partition coefficient (Wildman–Crippen LogP) is 1.86. The Morgan fingerprint density at radius 3 is 2.39 bits per heavy atom. The third-order valence-electron chi connectivity index (χ3n) is 5.77. The summed E-state index contributed by atoms with van der Waals surface area (Å²) >= 11 is 0. The van der Waals surface area contributed by atoms with Crippen LogP contribution in [0.1, 0.15) is 37.8 Å². The van der Waals surface area contributed by atoms with Gasteiger partial charge in [-0.15, -0.1) is 0 Å². The van der Waals surface area contributed by atoms with Gasteiger partial charge in [0.1, 0.15) is 0 Å². The van der Waals surface area contributed by atoms with Crippen LogP contribution in [-0.2, 0) is 9.59 Å². The number of amides is 4. The van der Waals surface area contributed by atoms with E-state index in [1.54, 1.807) is 23.9 Å². The lowest BCUT2D eigenvalue weighted by Gasteiger charge is -2.34. The third kappa shape index (κ3) is 4.46. The molecule has 4 amide bonds. The molecule has 0 saturated carbocycles. The van der Waals surface area contributed by atoms with Crippen LogP contribution in [0.5, 0.6) is 0 Å². The highest BCUT2D eigenvalue weighted by molar-refractivity contribution is 5.89. The summed E-state index contributed by atoms with van der Waals surface area (Å²) in [4.78, 5) is 42.4. The van der Waals surface area contributed by atoms with E-state index in [2.05, 4.69) is 5.32 Å². The molecule has 1 aromatic rings. The van der Waals surface area contributed by atoms with Crippen molar-refractivity contribution in [1.29, 1.82) is 0 Å². The predicted molar refractivity (Wildman–Crippen MR) is 106 cm³/mol. The number of nitrogens with zero attached hydrogens (tertiary/aromatic N) is 3. The normalized spacial score (nSPS) is 21.5. The van der Waals surface area contributed by atoms with Crippen LogP contribution in [0.25, 0.3) is 0 Å². The lowest BCUT2D eigenvalue weighted by molar-refractivity contribution is -0.130. The van der Waals surface area contributed by atoms with E-state index in [0.717, 1.165) is 18.4 Å². The van der Waals surface area contributed by atoms with Crippen molar-refractivity contribution in [3.63, 3.8) is 0 Å². The summed E-state index contributed by atoms with van der Waals surface area (Å²) in [6.07, 6.45) is 1.76. The highest BCUT2D eigenvalue weighted by atomic mass is 16.2. The number of rotatable bonds is 4. The molecule has 7 nitrogen and oxygen atoms in total. The molecule has 0 bridgehead atoms. The maximum absolute atomic E-state index is 12.7. The maximum Gasteiger partial charge on any atom is 0.319 e. The minimum absolute atomic E-state index is 0.0108. The summed E-state index contributed by atoms with van der Waals surface area (Å²) < 4.78 is 0. The van der Waals surface area contributed by atoms with Crippen LogP contribution in [0.3, 0.4) is 0 Å². The average molecular weight is 386 g/mol. The molecule has 1 N–H and O–H groups in total. The van der Waals surface area contributed by atoms with Crippen molar-refractivity contribution in [2.24, 2.45) is 5.92 Å². The number of likely N-dealkylation sites (tertiary alicyclic amines) is 2. The number of benzene rings is 1. The molecule has 3 rings (SSSR count). The van der Waals surface area contributed by atoms with Crippen LogP contribution in [0.15, 0.2) is 30.3 Å². The molecule has 0 aliphatic carbocycles. The lowest BCUT2D eigenvalue weighted by atomic mass is 10.0. The van der Waals surface area contributed by atoms with Crippen molar-refractivity contribution in [2.75, 3.05) is 33.7 Å². The fraction of sp³-hybridized carbons (Fsp3) is 0.571. The van der Waals surface area contributed by atoms with E-state index in [0.29, 0.717) is 19.6 Å². The molecule has 0 radical (unpaired) electrons. The zero-order valence-corrected chi connectivity index (χ0v) is 16.9. The van der Waals surface area contributed by atoms with E-state index in [9.17, 15) is 14.4 Å². The number of carbonyl (C=O) groups is 3. The van der Waals surface area contributed by atoms with Gasteiger partial charge in [0.25, 0.3) is 0 Å². The first-order chi connectivity index (χ1) is 13.4. The minimum Gasteiger partial charge on any atom is -0.353 e. The second-order valence-electron chi connectivity index (χ2n) is 7.98. The van der Waals surface area contributed by atoms with E-state index >= 15 is 0 Å². The van der Waals surface area contributed by atoms with Gasteiger partial charge in [-0.2, -0.15) is 0 Å². The molecule has 28 heavy (non-hydrogen) atoms. The molecular formula is C21H30N4O3. The quantitative estimate of drug-likeness (QED) is 0.858. The van der Waals surface area contributed by atoms with Crippen molar-refractivity contribution < 1.29 is 14.4 Å². The van der Waals surface area contributed by atoms with Crippen LogP contribution in [0.4, 0.5) is 4.79 Å². The standard InChI is InChI=1S/C21H30N4O3/c1-15(16-7-5-4-6-8-16)25-14-17(13-19(25)26)20(27)22-18-9-11-24(12-10-18)21(28)23(2)3/h4-8,15,17-18H,9-14H2,1-3H3,(H,22,27). The van der Waals surface area contributed by atoms with Crippen LogP contribution >= 0.6 is 0 Å². The molecule has 152 valence electrons. The van der Waals surface area contributed by atoms with Crippen LogP contribution < -0.4 is 5.32 Å². The number of hydrogen-bond acceptors (Lipinski definition) is 3. The number of piperidine rings is 1. The Balaban J connectivity index is 1.51. The minimum atomic E-state index is -0.305. The Labute approximate surface area is 166 Å². The number of hydrogen-bond donors (Lipinski definition) is 1. The lowest BCUT2D eigenvalue weighted by Crippen LogP contribution is -2.50. The Morgan fingerprint density at radius 1 is 1.14 bits per heavy atom. The average Bonchev–Trinajstić information content (AvgIpc) is 3.10. The highest BCUT2D eigenvalue weighted by Gasteiger charge is 2.38. The second kappa shape index (κ2) is 8.63. The Hall–Kier alpha value is -2.57. The molecule has 2 aliphatic heterocycles. The molecule has 2 fully saturated rings. The molecule has 2 heterocycles. The van der Waals surface area contributed by atoms with E-state index in [4.69, 9.17) is 0 Å². The van der Waals surface area contributed by atoms with Gasteiger partial charge in [0.05, 0.1) is 12.0 Å². The van der Waals surface area contributed by atoms with Crippen molar-refractivity contribution in [3.05, 3.63) is 35.9 Å². The molecule has 1 aromatic carbocycles. The van der Waals surface area contributed by atoms with Gasteiger partial charge < -0.3 is 20.0 Å². The second-order valence-corrected chi connectivity index (χ2v) is 7.98. The topological polar surface area (TPSA) is 73.0 Å². The molecule has 0 spiro atoms. The monoisotopic (exact) mass is 386 g/mol. The van der Waals surface area contributed by atoms with Gasteiger partial charge in [-0.05, 0) is 25.3 Å². The largest absolute Gasteiger partial charge is 0.353 e. The van der Waals surface area contributed by atoms with Crippen LogP contribution in [0.2, 0.25) is 0 Å². The van der Waals surface area contributed by atoms with E-state index in [1.165, 1.54) is 0 Å². The van der Waals surface area contributed by atoms with Gasteiger partial charge >= 0.3 is 6.03 Å². The van der Waals surface area contributed by atoms with Gasteiger partial charge in [-0.25, -0.2) is 4.79 Å². The molecule has 2 aliphatic rings. The molecule has 0 aromatic heterocycles. The SMILES string of the molecule is CC(c1ccccc1)N1CC(C(=O)NC2CCN(C(=O)N(C)C)CC2)CC1=O. The number of nitrogens with one attached hydrogen (secondary N) is 1. The molecule has 2 atom stereocenters. The summed E-state index contributed by atoms with van der Waals surface area (Å²) in [6.45, 7) is 3.75. The Kier molecular flexibility index (Phi) is 6.21. The van der Waals surface area contributed by atoms with E-state index in [-0.39, 0.29) is 42.3 Å². The van der Waals surface area contributed by atoms with Crippen LogP contribution in [0, 0.1) is 5.92 Å². The first-order valence-electron chi connectivity index (χ1n) is 9.98. The first kappa shape index (κ1) is 20.2. The summed E-state index contributed by atoms with van der Waals surface area (Å²) in [5.41, 5.74) is 1.08. The highest BCUT2D eigenvalue weighted by Crippen LogP contribution is 2.28. The number of urea groups is 1. The third-order valence-corrected chi connectivity index (χ3v) is 5.77. The summed E-state index contributed by atoms with van der Waals surface area (Å²) in [5, 5.41) is 3.10. The molecule has 2 saturated heterocycles. The van der Waals surface area contributed by atoms with Crippen molar-refractivity contribution in [1.82, 2.24) is 20.0 Å². The van der Waals surface area contributed by atoms with Crippen molar-refractivity contribution in [3.8, 4) is 0 Å².